The molecular formula is C28H33NO3S2. The third kappa shape index (κ3) is 4.98. The topological polar surface area (TPSA) is 55.4 Å². The van der Waals surface area contributed by atoms with Crippen LogP contribution in [0.2, 0.25) is 0 Å². The van der Waals surface area contributed by atoms with Crippen LogP contribution in [-0.2, 0) is 23.0 Å². The van der Waals surface area contributed by atoms with Gasteiger partial charge in [-0.2, -0.15) is 0 Å². The smallest absolute Gasteiger partial charge is 0.341 e. The molecule has 0 fully saturated rings. The first-order valence-electron chi connectivity index (χ1n) is 12.0. The second-order valence-corrected chi connectivity index (χ2v) is 12.1. The minimum absolute atomic E-state index is 0.0456. The molecule has 4 rings (SSSR count). The summed E-state index contributed by atoms with van der Waals surface area (Å²) < 4.78 is 5.55. The van der Waals surface area contributed by atoms with Gasteiger partial charge in [0.15, 0.2) is 0 Å². The van der Waals surface area contributed by atoms with Gasteiger partial charge in [0, 0.05) is 20.7 Å². The van der Waals surface area contributed by atoms with Crippen LogP contribution in [0.5, 0.6) is 0 Å². The summed E-state index contributed by atoms with van der Waals surface area (Å²) in [6, 6.07) is 8.35. The summed E-state index contributed by atoms with van der Waals surface area (Å²) in [5.41, 5.74) is 5.45. The van der Waals surface area contributed by atoms with E-state index in [1.165, 1.54) is 33.8 Å². The summed E-state index contributed by atoms with van der Waals surface area (Å²) >= 11 is 3.11. The number of nitrogens with one attached hydrogen (secondary N) is 1. The molecule has 2 heterocycles. The van der Waals surface area contributed by atoms with E-state index >= 15 is 0 Å². The highest BCUT2D eigenvalue weighted by Gasteiger charge is 2.28. The second-order valence-electron chi connectivity index (χ2n) is 9.91. The Kier molecular flexibility index (Phi) is 7.29. The first-order chi connectivity index (χ1) is 16.2. The highest BCUT2D eigenvalue weighted by molar-refractivity contribution is 7.17. The van der Waals surface area contributed by atoms with E-state index in [2.05, 4.69) is 50.4 Å². The molecule has 0 saturated heterocycles. The Balaban J connectivity index is 1.72. The van der Waals surface area contributed by atoms with E-state index in [0.717, 1.165) is 47.3 Å². The number of rotatable bonds is 6. The van der Waals surface area contributed by atoms with Crippen LogP contribution in [0, 0.1) is 6.92 Å². The Morgan fingerprint density at radius 1 is 1.09 bits per heavy atom. The van der Waals surface area contributed by atoms with Gasteiger partial charge in [-0.25, -0.2) is 4.79 Å². The molecule has 3 aromatic rings. The summed E-state index contributed by atoms with van der Waals surface area (Å²) in [5, 5.41) is 5.60. The standard InChI is InChI=1S/C28H33NO3S2/c1-6-15-32-27(31)24-23(18-11-13-19(14-12-18)28(3,4)5)17(2)34-26(24)29-25(30)21-16-33-22-10-8-7-9-20(21)22/h11-14,16H,6-10,15H2,1-5H3,(H,29,30). The number of anilines is 1. The Labute approximate surface area is 210 Å². The van der Waals surface area contributed by atoms with Crippen LogP contribution in [0.3, 0.4) is 0 Å². The fourth-order valence-electron chi connectivity index (χ4n) is 4.43. The van der Waals surface area contributed by atoms with Gasteiger partial charge in [-0.05, 0) is 61.1 Å². The number of hydrogen-bond acceptors (Lipinski definition) is 5. The number of ether oxygens (including phenoxy) is 1. The van der Waals surface area contributed by atoms with Crippen molar-refractivity contribution in [2.75, 3.05) is 11.9 Å². The molecule has 0 atom stereocenters. The lowest BCUT2D eigenvalue weighted by atomic mass is 9.86. The lowest BCUT2D eigenvalue weighted by Gasteiger charge is -2.19. The number of hydrogen-bond donors (Lipinski definition) is 1. The van der Waals surface area contributed by atoms with E-state index in [1.54, 1.807) is 11.3 Å². The molecular weight excluding hydrogens is 462 g/mol. The Morgan fingerprint density at radius 3 is 2.47 bits per heavy atom. The van der Waals surface area contributed by atoms with Crippen LogP contribution in [0.1, 0.15) is 88.6 Å². The van der Waals surface area contributed by atoms with E-state index in [-0.39, 0.29) is 17.3 Å². The van der Waals surface area contributed by atoms with Gasteiger partial charge < -0.3 is 10.1 Å². The van der Waals surface area contributed by atoms with Gasteiger partial charge in [-0.1, -0.05) is 52.0 Å². The predicted octanol–water partition coefficient (Wildman–Crippen LogP) is 7.78. The molecule has 6 heteroatoms. The quantitative estimate of drug-likeness (QED) is 0.355. The molecule has 180 valence electrons. The highest BCUT2D eigenvalue weighted by Crippen LogP contribution is 2.41. The second kappa shape index (κ2) is 10.0. The van der Waals surface area contributed by atoms with Crippen molar-refractivity contribution < 1.29 is 14.3 Å². The molecule has 0 bridgehead atoms. The zero-order valence-corrected chi connectivity index (χ0v) is 22.3. The number of aryl methyl sites for hydroxylation is 2. The van der Waals surface area contributed by atoms with Crippen LogP contribution >= 0.6 is 22.7 Å². The summed E-state index contributed by atoms with van der Waals surface area (Å²) in [4.78, 5) is 28.8. The van der Waals surface area contributed by atoms with Crippen molar-refractivity contribution in [3.8, 4) is 11.1 Å². The fourth-order valence-corrected chi connectivity index (χ4v) is 6.62. The molecule has 0 unspecified atom stereocenters. The molecule has 1 aliphatic carbocycles. The minimum atomic E-state index is -0.385. The average molecular weight is 496 g/mol. The van der Waals surface area contributed by atoms with Crippen molar-refractivity contribution in [3.05, 3.63) is 61.7 Å². The van der Waals surface area contributed by atoms with Gasteiger partial charge >= 0.3 is 5.97 Å². The molecule has 1 aliphatic rings. The van der Waals surface area contributed by atoms with Gasteiger partial charge in [0.2, 0.25) is 0 Å². The van der Waals surface area contributed by atoms with Crippen molar-refractivity contribution in [2.45, 2.75) is 72.1 Å². The van der Waals surface area contributed by atoms with Gasteiger partial charge in [0.25, 0.3) is 5.91 Å². The maximum Gasteiger partial charge on any atom is 0.341 e. The van der Waals surface area contributed by atoms with Gasteiger partial charge in [-0.15, -0.1) is 22.7 Å². The summed E-state index contributed by atoms with van der Waals surface area (Å²) in [6.45, 7) is 10.9. The molecule has 4 nitrogen and oxygen atoms in total. The van der Waals surface area contributed by atoms with Gasteiger partial charge in [0.05, 0.1) is 12.2 Å². The van der Waals surface area contributed by atoms with Crippen molar-refractivity contribution in [1.82, 2.24) is 0 Å². The van der Waals surface area contributed by atoms with Crippen LogP contribution < -0.4 is 5.32 Å². The van der Waals surface area contributed by atoms with Crippen molar-refractivity contribution >= 4 is 39.6 Å². The fraction of sp³-hybridized carbons (Fsp3) is 0.429. The van der Waals surface area contributed by atoms with E-state index in [0.29, 0.717) is 17.2 Å². The van der Waals surface area contributed by atoms with Crippen molar-refractivity contribution in [1.29, 1.82) is 0 Å². The summed E-state index contributed by atoms with van der Waals surface area (Å²) in [7, 11) is 0. The monoisotopic (exact) mass is 495 g/mol. The Hall–Kier alpha value is -2.44. The molecule has 1 amide bonds. The van der Waals surface area contributed by atoms with Crippen LogP contribution in [0.15, 0.2) is 29.6 Å². The normalized spacial score (nSPS) is 13.4. The predicted molar refractivity (Wildman–Crippen MR) is 143 cm³/mol. The van der Waals surface area contributed by atoms with E-state index in [4.69, 9.17) is 4.74 Å². The van der Waals surface area contributed by atoms with Gasteiger partial charge in [0.1, 0.15) is 10.6 Å². The minimum Gasteiger partial charge on any atom is -0.462 e. The van der Waals surface area contributed by atoms with E-state index < -0.39 is 0 Å². The number of carbonyl (C=O) groups excluding carboxylic acids is 2. The molecule has 0 radical (unpaired) electrons. The first kappa shape index (κ1) is 24.7. The zero-order valence-electron chi connectivity index (χ0n) is 20.7. The van der Waals surface area contributed by atoms with E-state index in [1.807, 2.05) is 19.2 Å². The van der Waals surface area contributed by atoms with Crippen LogP contribution in [0.25, 0.3) is 11.1 Å². The number of benzene rings is 1. The highest BCUT2D eigenvalue weighted by atomic mass is 32.1. The summed E-state index contributed by atoms with van der Waals surface area (Å²) in [6.07, 6.45) is 5.04. The maximum atomic E-state index is 13.3. The van der Waals surface area contributed by atoms with E-state index in [9.17, 15) is 9.59 Å². The number of esters is 1. The third-order valence-electron chi connectivity index (χ3n) is 6.30. The molecule has 1 N–H and O–H groups in total. The average Bonchev–Trinajstić information content (AvgIpc) is 3.38. The Bertz CT molecular complexity index is 1200. The number of thiophene rings is 2. The number of carbonyl (C=O) groups is 2. The largest absolute Gasteiger partial charge is 0.462 e. The molecule has 1 aromatic carbocycles. The van der Waals surface area contributed by atoms with Crippen molar-refractivity contribution in [2.24, 2.45) is 0 Å². The summed E-state index contributed by atoms with van der Waals surface area (Å²) in [5.74, 6) is -0.524. The number of amides is 1. The molecule has 0 spiro atoms. The first-order valence-corrected chi connectivity index (χ1v) is 13.7. The number of fused-ring (bicyclic) bond motifs is 1. The molecule has 0 saturated carbocycles. The molecule has 2 aromatic heterocycles. The molecule has 34 heavy (non-hydrogen) atoms. The third-order valence-corrected chi connectivity index (χ3v) is 8.41. The molecule has 0 aliphatic heterocycles. The van der Waals surface area contributed by atoms with Crippen LogP contribution in [0.4, 0.5) is 5.00 Å². The lowest BCUT2D eigenvalue weighted by Crippen LogP contribution is -2.16. The Morgan fingerprint density at radius 2 is 1.79 bits per heavy atom. The van der Waals surface area contributed by atoms with Crippen LogP contribution in [-0.4, -0.2) is 18.5 Å². The van der Waals surface area contributed by atoms with Gasteiger partial charge in [-0.3, -0.25) is 4.79 Å². The zero-order chi connectivity index (χ0) is 24.5. The maximum absolute atomic E-state index is 13.3. The lowest BCUT2D eigenvalue weighted by molar-refractivity contribution is 0.0507. The van der Waals surface area contributed by atoms with Crippen molar-refractivity contribution in [3.63, 3.8) is 0 Å². The SMILES string of the molecule is CCCOC(=O)c1c(NC(=O)c2csc3c2CCCC3)sc(C)c1-c1ccc(C(C)(C)C)cc1.